The Morgan fingerprint density at radius 2 is 1.55 bits per heavy atom. The Labute approximate surface area is 249 Å². The smallest absolute Gasteiger partial charge is 0.264 e. The molecule has 42 heavy (non-hydrogen) atoms. The van der Waals surface area contributed by atoms with Crippen LogP contribution < -0.4 is 14.4 Å². The van der Waals surface area contributed by atoms with Crippen LogP contribution in [-0.4, -0.2) is 56.8 Å². The van der Waals surface area contributed by atoms with Crippen molar-refractivity contribution in [2.45, 2.75) is 39.0 Å². The molecule has 1 saturated heterocycles. The molecule has 7 nitrogen and oxygen atoms in total. The highest BCUT2D eigenvalue weighted by atomic mass is 32.2. The second-order valence-electron chi connectivity index (χ2n) is 11.6. The number of piperazine rings is 1. The van der Waals surface area contributed by atoms with Gasteiger partial charge in [0.2, 0.25) is 10.0 Å². The van der Waals surface area contributed by atoms with E-state index in [4.69, 9.17) is 4.74 Å². The highest BCUT2D eigenvalue weighted by Crippen LogP contribution is 2.33. The minimum atomic E-state index is -3.76. The minimum absolute atomic E-state index is 0.324. The molecule has 4 aromatic carbocycles. The Kier molecular flexibility index (Phi) is 8.57. The van der Waals surface area contributed by atoms with Crippen LogP contribution in [0.15, 0.2) is 84.9 Å². The number of fused-ring (bicyclic) bond motifs is 1. The average Bonchev–Trinajstić information content (AvgIpc) is 2.97. The first-order valence-corrected chi connectivity index (χ1v) is 15.9. The zero-order chi connectivity index (χ0) is 29.9. The second-order valence-corrected chi connectivity index (χ2v) is 14.1. The number of rotatable bonds is 8. The van der Waals surface area contributed by atoms with Crippen LogP contribution in [0.4, 0.5) is 5.69 Å². The van der Waals surface area contributed by atoms with Gasteiger partial charge in [0.05, 0.1) is 11.4 Å². The number of sulfonamides is 1. The van der Waals surface area contributed by atoms with Crippen molar-refractivity contribution in [1.82, 2.24) is 9.62 Å². The number of anilines is 1. The van der Waals surface area contributed by atoms with Crippen molar-refractivity contribution < 1.29 is 17.9 Å². The molecule has 220 valence electrons. The molecule has 0 aliphatic carbocycles. The molecular formula is C34H39N3O4S. The molecule has 0 aromatic heterocycles. The van der Waals surface area contributed by atoms with E-state index in [1.807, 2.05) is 31.2 Å². The van der Waals surface area contributed by atoms with Gasteiger partial charge in [0.1, 0.15) is 5.75 Å². The van der Waals surface area contributed by atoms with Crippen LogP contribution in [0.3, 0.4) is 0 Å². The molecule has 1 aliphatic heterocycles. The van der Waals surface area contributed by atoms with E-state index in [1.54, 1.807) is 32.9 Å². The molecule has 1 fully saturated rings. The maximum atomic E-state index is 12.5. The third-order valence-corrected chi connectivity index (χ3v) is 9.83. The summed E-state index contributed by atoms with van der Waals surface area (Å²) in [6.07, 6.45) is 0. The summed E-state index contributed by atoms with van der Waals surface area (Å²) in [5, 5.41) is 2.50. The van der Waals surface area contributed by atoms with Crippen molar-refractivity contribution in [3.8, 4) is 16.9 Å². The number of amides is 1. The number of ether oxygens (including phenoxy) is 1. The lowest BCUT2D eigenvalue weighted by molar-refractivity contribution is 0.0980. The lowest BCUT2D eigenvalue weighted by atomic mass is 9.94. The van der Waals surface area contributed by atoms with Gasteiger partial charge >= 0.3 is 0 Å². The molecular weight excluding hydrogens is 546 g/mol. The van der Waals surface area contributed by atoms with Gasteiger partial charge in [-0.1, -0.05) is 48.5 Å². The highest BCUT2D eigenvalue weighted by Gasteiger charge is 2.31. The van der Waals surface area contributed by atoms with Crippen LogP contribution in [0.25, 0.3) is 21.9 Å². The summed E-state index contributed by atoms with van der Waals surface area (Å²) < 4.78 is 31.6. The van der Waals surface area contributed by atoms with Crippen LogP contribution in [0.1, 0.15) is 43.6 Å². The van der Waals surface area contributed by atoms with Crippen LogP contribution in [0.5, 0.6) is 5.75 Å². The van der Waals surface area contributed by atoms with Crippen molar-refractivity contribution in [3.05, 3.63) is 96.1 Å². The quantitative estimate of drug-likeness (QED) is 0.270. The van der Waals surface area contributed by atoms with E-state index in [9.17, 15) is 13.2 Å². The maximum absolute atomic E-state index is 12.5. The Bertz CT molecular complexity index is 1670. The fourth-order valence-electron chi connectivity index (χ4n) is 5.23. The van der Waals surface area contributed by atoms with Gasteiger partial charge in [0.15, 0.2) is 0 Å². The minimum Gasteiger partial charge on any atom is -0.494 e. The first-order chi connectivity index (χ1) is 20.1. The fraction of sp³-hybridized carbons (Fsp3) is 0.324. The van der Waals surface area contributed by atoms with Crippen LogP contribution in [-0.2, 0) is 16.6 Å². The summed E-state index contributed by atoms with van der Waals surface area (Å²) in [5.41, 5.74) is 5.01. The standard InChI is InChI=1S/C34H39N3O4S/c1-5-41-29-10-8-9-26(23-29)31-18-15-27(30-11-6-7-12-32(30)31)24-36-19-21-37(22-20-36)28-16-13-25(14-17-28)33(38)35-42(39,40)34(2,3)4/h6-18,23H,5,19-22,24H2,1-4H3,(H,35,38). The second kappa shape index (κ2) is 12.2. The van der Waals surface area contributed by atoms with Gasteiger partial charge in [-0.05, 0) is 91.6 Å². The fourth-order valence-corrected chi connectivity index (χ4v) is 5.90. The number of carbonyl (C=O) groups is 1. The molecule has 1 aliphatic rings. The predicted octanol–water partition coefficient (Wildman–Crippen LogP) is 6.09. The molecule has 0 spiro atoms. The monoisotopic (exact) mass is 585 g/mol. The molecule has 1 N–H and O–H groups in total. The summed E-state index contributed by atoms with van der Waals surface area (Å²) in [7, 11) is -3.76. The molecule has 1 amide bonds. The normalized spacial score (nSPS) is 14.6. The predicted molar refractivity (Wildman–Crippen MR) is 171 cm³/mol. The van der Waals surface area contributed by atoms with Crippen molar-refractivity contribution in [1.29, 1.82) is 0 Å². The molecule has 0 radical (unpaired) electrons. The Morgan fingerprint density at radius 1 is 0.857 bits per heavy atom. The number of nitrogens with zero attached hydrogens (tertiary/aromatic N) is 2. The molecule has 0 bridgehead atoms. The van der Waals surface area contributed by atoms with Crippen molar-refractivity contribution in [3.63, 3.8) is 0 Å². The zero-order valence-electron chi connectivity index (χ0n) is 24.8. The van der Waals surface area contributed by atoms with E-state index < -0.39 is 20.7 Å². The molecule has 4 aromatic rings. The summed E-state index contributed by atoms with van der Waals surface area (Å²) in [5.74, 6) is 0.272. The van der Waals surface area contributed by atoms with Crippen LogP contribution in [0.2, 0.25) is 0 Å². The topological polar surface area (TPSA) is 79.0 Å². The third kappa shape index (κ3) is 6.45. The molecule has 0 atom stereocenters. The van der Waals surface area contributed by atoms with Gasteiger partial charge in [0, 0.05) is 44.0 Å². The van der Waals surface area contributed by atoms with E-state index in [0.717, 1.165) is 49.7 Å². The zero-order valence-corrected chi connectivity index (χ0v) is 25.6. The van der Waals surface area contributed by atoms with Gasteiger partial charge in [-0.25, -0.2) is 13.1 Å². The van der Waals surface area contributed by atoms with Crippen molar-refractivity contribution in [2.75, 3.05) is 37.7 Å². The number of nitrogens with one attached hydrogen (secondary N) is 1. The first kappa shape index (κ1) is 29.6. The molecule has 0 saturated carbocycles. The summed E-state index contributed by atoms with van der Waals surface area (Å²) in [6, 6.07) is 28.5. The summed E-state index contributed by atoms with van der Waals surface area (Å²) in [4.78, 5) is 17.3. The largest absolute Gasteiger partial charge is 0.494 e. The summed E-state index contributed by atoms with van der Waals surface area (Å²) >= 11 is 0. The number of benzene rings is 4. The lowest BCUT2D eigenvalue weighted by Gasteiger charge is -2.36. The molecule has 5 rings (SSSR count). The van der Waals surface area contributed by atoms with Gasteiger partial charge in [-0.15, -0.1) is 0 Å². The Balaban J connectivity index is 1.24. The van der Waals surface area contributed by atoms with E-state index in [1.165, 1.54) is 21.9 Å². The van der Waals surface area contributed by atoms with Crippen LogP contribution >= 0.6 is 0 Å². The van der Waals surface area contributed by atoms with Crippen molar-refractivity contribution >= 4 is 32.4 Å². The van der Waals surface area contributed by atoms with E-state index >= 15 is 0 Å². The number of hydrogen-bond donors (Lipinski definition) is 1. The van der Waals surface area contributed by atoms with Gasteiger partial charge < -0.3 is 9.64 Å². The Hall–Kier alpha value is -3.88. The van der Waals surface area contributed by atoms with Gasteiger partial charge in [0.25, 0.3) is 5.91 Å². The van der Waals surface area contributed by atoms with E-state index in [-0.39, 0.29) is 0 Å². The SMILES string of the molecule is CCOc1cccc(-c2ccc(CN3CCN(c4ccc(C(=O)NS(=O)(=O)C(C)(C)C)cc4)CC3)c3ccccc23)c1. The lowest BCUT2D eigenvalue weighted by Crippen LogP contribution is -2.46. The maximum Gasteiger partial charge on any atom is 0.264 e. The molecule has 1 heterocycles. The molecule has 0 unspecified atom stereocenters. The van der Waals surface area contributed by atoms with Crippen LogP contribution in [0, 0.1) is 0 Å². The Morgan fingerprint density at radius 3 is 2.21 bits per heavy atom. The van der Waals surface area contributed by atoms with Gasteiger partial charge in [-0.2, -0.15) is 0 Å². The molecule has 8 heteroatoms. The highest BCUT2D eigenvalue weighted by molar-refractivity contribution is 7.91. The average molecular weight is 586 g/mol. The summed E-state index contributed by atoms with van der Waals surface area (Å²) in [6.45, 7) is 11.8. The van der Waals surface area contributed by atoms with Gasteiger partial charge in [-0.3, -0.25) is 9.69 Å². The number of hydrogen-bond acceptors (Lipinski definition) is 6. The number of carbonyl (C=O) groups excluding carboxylic acids is 1. The van der Waals surface area contributed by atoms with Crippen molar-refractivity contribution in [2.24, 2.45) is 0 Å². The first-order valence-electron chi connectivity index (χ1n) is 14.4. The van der Waals surface area contributed by atoms with E-state index in [0.29, 0.717) is 12.2 Å². The van der Waals surface area contributed by atoms with E-state index in [2.05, 4.69) is 63.1 Å². The third-order valence-electron chi connectivity index (χ3n) is 7.76.